The highest BCUT2D eigenvalue weighted by atomic mass is 31.2. The Labute approximate surface area is 174 Å². The van der Waals surface area contributed by atoms with E-state index in [1.807, 2.05) is 0 Å². The minimum Gasteiger partial charge on any atom is -0.463 e. The minimum absolute atomic E-state index is 0.0295. The Morgan fingerprint density at radius 2 is 1.34 bits per heavy atom. The number of rotatable bonds is 18. The maximum atomic E-state index is 12.2. The zero-order valence-corrected chi connectivity index (χ0v) is 19.3. The summed E-state index contributed by atoms with van der Waals surface area (Å²) in [6.45, 7) is 9.04. The summed E-state index contributed by atoms with van der Waals surface area (Å²) in [5, 5.41) is 0. The second kappa shape index (κ2) is 13.0. The lowest BCUT2D eigenvalue weighted by atomic mass is 10.0. The SMILES string of the molecule is COP(=O)(CCC1(C)CC1(C)OCCOCCOCCOCCOC(C)=O)OC. The van der Waals surface area contributed by atoms with Gasteiger partial charge >= 0.3 is 13.6 Å². The van der Waals surface area contributed by atoms with Crippen molar-refractivity contribution in [1.82, 2.24) is 0 Å². The number of ether oxygens (including phenoxy) is 5. The molecule has 172 valence electrons. The molecule has 0 radical (unpaired) electrons. The molecule has 0 aromatic rings. The predicted molar refractivity (Wildman–Crippen MR) is 107 cm³/mol. The Hall–Kier alpha value is -0.540. The summed E-state index contributed by atoms with van der Waals surface area (Å²) in [6.07, 6.45) is 2.02. The van der Waals surface area contributed by atoms with Crippen LogP contribution in [0.2, 0.25) is 0 Å². The number of hydrogen-bond acceptors (Lipinski definition) is 9. The third-order valence-electron chi connectivity index (χ3n) is 5.30. The number of carbonyl (C=O) groups is 1. The summed E-state index contributed by atoms with van der Waals surface area (Å²) in [5.74, 6) is -0.311. The second-order valence-corrected chi connectivity index (χ2v) is 9.84. The zero-order chi connectivity index (χ0) is 21.8. The highest BCUT2D eigenvalue weighted by molar-refractivity contribution is 7.53. The molecule has 0 bridgehead atoms. The second-order valence-electron chi connectivity index (χ2n) is 7.44. The van der Waals surface area contributed by atoms with Crippen molar-refractivity contribution in [1.29, 1.82) is 0 Å². The fourth-order valence-corrected chi connectivity index (χ4v) is 4.31. The standard InChI is InChI=1S/C19H37O9P/c1-17(20)27-13-11-25-9-7-24-8-10-26-12-14-28-19(3)16-18(19,2)6-15-29(21,22-4)23-5/h6-16H2,1-5H3. The maximum Gasteiger partial charge on any atom is 0.330 e. The van der Waals surface area contributed by atoms with E-state index < -0.39 is 7.60 Å². The van der Waals surface area contributed by atoms with Gasteiger partial charge in [-0.15, -0.1) is 0 Å². The van der Waals surface area contributed by atoms with E-state index in [0.29, 0.717) is 52.4 Å². The minimum atomic E-state index is -2.98. The van der Waals surface area contributed by atoms with E-state index in [1.54, 1.807) is 0 Å². The third kappa shape index (κ3) is 9.87. The van der Waals surface area contributed by atoms with Crippen molar-refractivity contribution in [3.8, 4) is 0 Å². The summed E-state index contributed by atoms with van der Waals surface area (Å²) >= 11 is 0. The van der Waals surface area contributed by atoms with Gasteiger partial charge in [-0.05, 0) is 25.2 Å². The first-order valence-electron chi connectivity index (χ1n) is 9.91. The molecule has 1 saturated carbocycles. The topological polar surface area (TPSA) is 98.8 Å². The van der Waals surface area contributed by atoms with Crippen LogP contribution in [0.5, 0.6) is 0 Å². The zero-order valence-electron chi connectivity index (χ0n) is 18.4. The highest BCUT2D eigenvalue weighted by Gasteiger charge is 2.62. The summed E-state index contributed by atoms with van der Waals surface area (Å²) < 4.78 is 49.1. The van der Waals surface area contributed by atoms with Crippen molar-refractivity contribution in [2.24, 2.45) is 5.41 Å². The Morgan fingerprint density at radius 1 is 0.862 bits per heavy atom. The van der Waals surface area contributed by atoms with Crippen LogP contribution in [0.25, 0.3) is 0 Å². The molecule has 0 saturated heterocycles. The van der Waals surface area contributed by atoms with Crippen LogP contribution in [0.15, 0.2) is 0 Å². The van der Waals surface area contributed by atoms with Gasteiger partial charge in [-0.1, -0.05) is 6.92 Å². The van der Waals surface area contributed by atoms with E-state index in [0.717, 1.165) is 12.8 Å². The predicted octanol–water partition coefficient (Wildman–Crippen LogP) is 2.66. The van der Waals surface area contributed by atoms with E-state index in [9.17, 15) is 9.36 Å². The normalized spacial score (nSPS) is 23.9. The fraction of sp³-hybridized carbons (Fsp3) is 0.947. The van der Waals surface area contributed by atoms with Crippen LogP contribution in [-0.4, -0.2) is 84.8 Å². The molecule has 0 aromatic carbocycles. The van der Waals surface area contributed by atoms with Gasteiger partial charge in [0.25, 0.3) is 0 Å². The fourth-order valence-electron chi connectivity index (χ4n) is 3.03. The molecule has 10 heteroatoms. The quantitative estimate of drug-likeness (QED) is 0.181. The van der Waals surface area contributed by atoms with Crippen LogP contribution in [0.3, 0.4) is 0 Å². The summed E-state index contributed by atoms with van der Waals surface area (Å²) in [6, 6.07) is 0. The van der Waals surface area contributed by atoms with E-state index in [4.69, 9.17) is 32.7 Å². The molecule has 1 fully saturated rings. The molecule has 0 spiro atoms. The van der Waals surface area contributed by atoms with Gasteiger partial charge in [-0.2, -0.15) is 0 Å². The molecule has 1 aliphatic carbocycles. The van der Waals surface area contributed by atoms with Gasteiger partial charge in [0.1, 0.15) is 6.61 Å². The first-order chi connectivity index (χ1) is 13.7. The molecule has 0 N–H and O–H groups in total. The first-order valence-corrected chi connectivity index (χ1v) is 11.6. The molecule has 9 nitrogen and oxygen atoms in total. The molecule has 0 aromatic heterocycles. The molecular weight excluding hydrogens is 403 g/mol. The monoisotopic (exact) mass is 440 g/mol. The number of carbonyl (C=O) groups excluding carboxylic acids is 1. The van der Waals surface area contributed by atoms with Crippen molar-refractivity contribution in [2.45, 2.75) is 39.2 Å². The van der Waals surface area contributed by atoms with Crippen LogP contribution in [0, 0.1) is 5.41 Å². The largest absolute Gasteiger partial charge is 0.463 e. The van der Waals surface area contributed by atoms with Gasteiger partial charge in [0, 0.05) is 21.1 Å². The summed E-state index contributed by atoms with van der Waals surface area (Å²) in [5.41, 5.74) is -0.263. The van der Waals surface area contributed by atoms with E-state index >= 15 is 0 Å². The Balaban J connectivity index is 1.97. The Kier molecular flexibility index (Phi) is 11.9. The van der Waals surface area contributed by atoms with Crippen molar-refractivity contribution < 1.29 is 42.1 Å². The van der Waals surface area contributed by atoms with Gasteiger partial charge < -0.3 is 32.7 Å². The van der Waals surface area contributed by atoms with Gasteiger partial charge in [0.15, 0.2) is 0 Å². The average molecular weight is 440 g/mol. The van der Waals surface area contributed by atoms with Crippen LogP contribution in [0.4, 0.5) is 0 Å². The van der Waals surface area contributed by atoms with Gasteiger partial charge in [-0.3, -0.25) is 9.36 Å². The van der Waals surface area contributed by atoms with Crippen LogP contribution in [-0.2, 0) is 42.1 Å². The van der Waals surface area contributed by atoms with Gasteiger partial charge in [0.05, 0.1) is 58.0 Å². The molecule has 1 aliphatic rings. The molecule has 29 heavy (non-hydrogen) atoms. The van der Waals surface area contributed by atoms with E-state index in [-0.39, 0.29) is 23.6 Å². The molecule has 2 unspecified atom stereocenters. The molecular formula is C19H37O9P. The number of esters is 1. The van der Waals surface area contributed by atoms with Crippen molar-refractivity contribution in [2.75, 3.05) is 73.2 Å². The smallest absolute Gasteiger partial charge is 0.330 e. The summed E-state index contributed by atoms with van der Waals surface area (Å²) in [7, 11) is -0.156. The van der Waals surface area contributed by atoms with Gasteiger partial charge in [-0.25, -0.2) is 0 Å². The van der Waals surface area contributed by atoms with Crippen LogP contribution >= 0.6 is 7.60 Å². The molecule has 2 atom stereocenters. The van der Waals surface area contributed by atoms with Crippen molar-refractivity contribution >= 4 is 13.6 Å². The molecule has 0 heterocycles. The summed E-state index contributed by atoms with van der Waals surface area (Å²) in [4.78, 5) is 10.6. The maximum absolute atomic E-state index is 12.2. The van der Waals surface area contributed by atoms with E-state index in [2.05, 4.69) is 13.8 Å². The van der Waals surface area contributed by atoms with Crippen molar-refractivity contribution in [3.05, 3.63) is 0 Å². The molecule has 0 aliphatic heterocycles. The highest BCUT2D eigenvalue weighted by Crippen LogP contribution is 2.63. The third-order valence-corrected chi connectivity index (χ3v) is 7.18. The molecule has 0 amide bonds. The lowest BCUT2D eigenvalue weighted by molar-refractivity contribution is -0.142. The van der Waals surface area contributed by atoms with Gasteiger partial charge in [0.2, 0.25) is 0 Å². The Morgan fingerprint density at radius 3 is 1.83 bits per heavy atom. The first kappa shape index (κ1) is 26.5. The van der Waals surface area contributed by atoms with E-state index in [1.165, 1.54) is 21.1 Å². The number of hydrogen-bond donors (Lipinski definition) is 0. The van der Waals surface area contributed by atoms with Crippen molar-refractivity contribution in [3.63, 3.8) is 0 Å². The lowest BCUT2D eigenvalue weighted by Crippen LogP contribution is -2.22. The lowest BCUT2D eigenvalue weighted by Gasteiger charge is -2.21. The average Bonchev–Trinajstić information content (AvgIpc) is 3.24. The Bertz CT molecular complexity index is 522. The molecule has 1 rings (SSSR count). The van der Waals surface area contributed by atoms with Crippen LogP contribution in [0.1, 0.15) is 33.6 Å². The van der Waals surface area contributed by atoms with Crippen LogP contribution < -0.4 is 0 Å².